The Morgan fingerprint density at radius 2 is 2.32 bits per heavy atom. The molecule has 0 aliphatic heterocycles. The number of carbonyl (C=O) groups excluding carboxylic acids is 2. The molecule has 0 saturated carbocycles. The van der Waals surface area contributed by atoms with Gasteiger partial charge in [0.15, 0.2) is 0 Å². The largest absolute Gasteiger partial charge is 0.468 e. The van der Waals surface area contributed by atoms with Gasteiger partial charge in [0.2, 0.25) is 0 Å². The number of methoxy groups -OCH3 is 1. The Morgan fingerprint density at radius 1 is 1.53 bits per heavy atom. The molecule has 0 radical (unpaired) electrons. The Morgan fingerprint density at radius 3 is 2.95 bits per heavy atom. The fourth-order valence-electron chi connectivity index (χ4n) is 1.49. The molecule has 0 unspecified atom stereocenters. The molecule has 100 valence electrons. The maximum Gasteiger partial charge on any atom is 0.325 e. The number of hydrogen-bond donors (Lipinski definition) is 2. The summed E-state index contributed by atoms with van der Waals surface area (Å²) in [5.41, 5.74) is 2.04. The second kappa shape index (κ2) is 5.66. The third-order valence-electron chi connectivity index (χ3n) is 2.46. The maximum absolute atomic E-state index is 11.7. The first-order valence-electron chi connectivity index (χ1n) is 5.56. The van der Waals surface area contributed by atoms with Crippen LogP contribution < -0.4 is 5.32 Å². The number of nitrogens with one attached hydrogen (secondary N) is 2. The zero-order chi connectivity index (χ0) is 13.8. The van der Waals surface area contributed by atoms with E-state index in [1.165, 1.54) is 7.11 Å². The van der Waals surface area contributed by atoms with E-state index in [0.29, 0.717) is 5.69 Å². The molecule has 0 aliphatic carbocycles. The summed E-state index contributed by atoms with van der Waals surface area (Å²) in [6.45, 7) is 1.77. The third-order valence-corrected chi connectivity index (χ3v) is 3.24. The van der Waals surface area contributed by atoms with Crippen molar-refractivity contribution in [3.63, 3.8) is 0 Å². The minimum Gasteiger partial charge on any atom is -0.468 e. The topological polar surface area (TPSA) is 84.1 Å². The predicted molar refractivity (Wildman–Crippen MR) is 71.0 cm³/mol. The first-order chi connectivity index (χ1) is 9.10. The summed E-state index contributed by atoms with van der Waals surface area (Å²) in [5.74, 6) is -0.848. The van der Waals surface area contributed by atoms with Gasteiger partial charge in [-0.25, -0.2) is 4.98 Å². The lowest BCUT2D eigenvalue weighted by atomic mass is 10.2. The molecule has 2 aromatic heterocycles. The van der Waals surface area contributed by atoms with Crippen molar-refractivity contribution in [2.75, 3.05) is 13.7 Å². The Hall–Kier alpha value is -2.15. The predicted octanol–water partition coefficient (Wildman–Crippen LogP) is 1.35. The van der Waals surface area contributed by atoms with E-state index in [-0.39, 0.29) is 12.5 Å². The average Bonchev–Trinajstić information content (AvgIpc) is 3.03. The summed E-state index contributed by atoms with van der Waals surface area (Å²) in [5, 5.41) is 5.35. The molecule has 2 aromatic rings. The zero-order valence-electron chi connectivity index (χ0n) is 10.5. The van der Waals surface area contributed by atoms with E-state index in [9.17, 15) is 9.59 Å². The molecule has 6 nitrogen and oxygen atoms in total. The van der Waals surface area contributed by atoms with Crippen LogP contribution in [0.4, 0.5) is 0 Å². The lowest BCUT2D eigenvalue weighted by molar-refractivity contribution is -0.139. The third kappa shape index (κ3) is 3.19. The van der Waals surface area contributed by atoms with E-state index in [1.54, 1.807) is 23.6 Å². The van der Waals surface area contributed by atoms with Crippen LogP contribution in [-0.4, -0.2) is 35.5 Å². The van der Waals surface area contributed by atoms with Gasteiger partial charge in [0.25, 0.3) is 5.91 Å². The molecule has 19 heavy (non-hydrogen) atoms. The van der Waals surface area contributed by atoms with Gasteiger partial charge in [-0.1, -0.05) is 0 Å². The average molecular weight is 279 g/mol. The van der Waals surface area contributed by atoms with Crippen LogP contribution in [0.15, 0.2) is 17.6 Å². The molecule has 1 amide bonds. The van der Waals surface area contributed by atoms with Gasteiger partial charge >= 0.3 is 5.97 Å². The molecule has 0 atom stereocenters. The van der Waals surface area contributed by atoms with Crippen LogP contribution in [0.3, 0.4) is 0 Å². The Kier molecular flexibility index (Phi) is 3.96. The first kappa shape index (κ1) is 13.3. The highest BCUT2D eigenvalue weighted by atomic mass is 32.1. The van der Waals surface area contributed by atoms with Crippen molar-refractivity contribution in [3.8, 4) is 11.3 Å². The summed E-state index contributed by atoms with van der Waals surface area (Å²) in [4.78, 5) is 29.9. The Labute approximate surface area is 113 Å². The lowest BCUT2D eigenvalue weighted by Crippen LogP contribution is -2.30. The zero-order valence-corrected chi connectivity index (χ0v) is 11.3. The molecule has 0 aromatic carbocycles. The van der Waals surface area contributed by atoms with Gasteiger partial charge in [-0.2, -0.15) is 0 Å². The van der Waals surface area contributed by atoms with Crippen LogP contribution in [0.25, 0.3) is 11.3 Å². The molecule has 0 spiro atoms. The van der Waals surface area contributed by atoms with E-state index in [4.69, 9.17) is 0 Å². The summed E-state index contributed by atoms with van der Waals surface area (Å²) in [6.07, 6.45) is 1.71. The van der Waals surface area contributed by atoms with Crippen LogP contribution in [0.2, 0.25) is 0 Å². The number of aromatic amines is 1. The van der Waals surface area contributed by atoms with Crippen molar-refractivity contribution in [3.05, 3.63) is 28.3 Å². The standard InChI is InChI=1S/C12H13N3O3S/c1-7-15-10(6-19-7)8-3-9(13-4-8)12(17)14-5-11(16)18-2/h3-4,6,13H,5H2,1-2H3,(H,14,17). The van der Waals surface area contributed by atoms with E-state index in [1.807, 2.05) is 12.3 Å². The van der Waals surface area contributed by atoms with Gasteiger partial charge in [-0.15, -0.1) is 11.3 Å². The van der Waals surface area contributed by atoms with Crippen molar-refractivity contribution >= 4 is 23.2 Å². The maximum atomic E-state index is 11.7. The summed E-state index contributed by atoms with van der Waals surface area (Å²) in [6, 6.07) is 1.70. The number of ether oxygens (including phenoxy) is 1. The van der Waals surface area contributed by atoms with Crippen molar-refractivity contribution in [2.45, 2.75) is 6.92 Å². The van der Waals surface area contributed by atoms with Gasteiger partial charge in [0.1, 0.15) is 12.2 Å². The van der Waals surface area contributed by atoms with Gasteiger partial charge in [0, 0.05) is 17.1 Å². The minimum absolute atomic E-state index is 0.153. The van der Waals surface area contributed by atoms with Crippen molar-refractivity contribution in [1.29, 1.82) is 0 Å². The quantitative estimate of drug-likeness (QED) is 0.827. The number of esters is 1. The van der Waals surface area contributed by atoms with Crippen LogP contribution in [0.1, 0.15) is 15.5 Å². The molecule has 7 heteroatoms. The number of hydrogen-bond acceptors (Lipinski definition) is 5. The smallest absolute Gasteiger partial charge is 0.325 e. The summed E-state index contributed by atoms with van der Waals surface area (Å²) < 4.78 is 4.44. The number of carbonyl (C=O) groups is 2. The molecular formula is C12H13N3O3S. The van der Waals surface area contributed by atoms with Crippen LogP contribution >= 0.6 is 11.3 Å². The van der Waals surface area contributed by atoms with E-state index in [2.05, 4.69) is 20.0 Å². The second-order valence-electron chi connectivity index (χ2n) is 3.81. The highest BCUT2D eigenvalue weighted by Crippen LogP contribution is 2.22. The molecule has 2 rings (SSSR count). The fraction of sp³-hybridized carbons (Fsp3) is 0.250. The fourth-order valence-corrected chi connectivity index (χ4v) is 2.11. The van der Waals surface area contributed by atoms with E-state index in [0.717, 1.165) is 16.3 Å². The second-order valence-corrected chi connectivity index (χ2v) is 4.87. The van der Waals surface area contributed by atoms with Crippen molar-refractivity contribution < 1.29 is 14.3 Å². The normalized spacial score (nSPS) is 10.2. The monoisotopic (exact) mass is 279 g/mol. The number of H-pyrrole nitrogens is 1. The Bertz CT molecular complexity index is 603. The van der Waals surface area contributed by atoms with Crippen LogP contribution in [-0.2, 0) is 9.53 Å². The lowest BCUT2D eigenvalue weighted by Gasteiger charge is -2.01. The summed E-state index contributed by atoms with van der Waals surface area (Å²) >= 11 is 1.55. The van der Waals surface area contributed by atoms with Gasteiger partial charge in [-0.05, 0) is 13.0 Å². The number of amides is 1. The molecule has 0 saturated heterocycles. The molecule has 0 aliphatic rings. The molecule has 2 N–H and O–H groups in total. The highest BCUT2D eigenvalue weighted by Gasteiger charge is 2.12. The van der Waals surface area contributed by atoms with Gasteiger partial charge < -0.3 is 15.0 Å². The van der Waals surface area contributed by atoms with Crippen LogP contribution in [0, 0.1) is 6.92 Å². The Balaban J connectivity index is 2.04. The number of thiazole rings is 1. The number of rotatable bonds is 4. The molecule has 0 fully saturated rings. The van der Waals surface area contributed by atoms with E-state index < -0.39 is 5.97 Å². The number of aryl methyl sites for hydroxylation is 1. The van der Waals surface area contributed by atoms with Gasteiger partial charge in [0.05, 0.1) is 17.8 Å². The first-order valence-corrected chi connectivity index (χ1v) is 6.44. The molecule has 0 bridgehead atoms. The summed E-state index contributed by atoms with van der Waals surface area (Å²) in [7, 11) is 1.27. The van der Waals surface area contributed by atoms with Gasteiger partial charge in [-0.3, -0.25) is 9.59 Å². The molecule has 2 heterocycles. The van der Waals surface area contributed by atoms with Crippen LogP contribution in [0.5, 0.6) is 0 Å². The highest BCUT2D eigenvalue weighted by molar-refractivity contribution is 7.09. The molecular weight excluding hydrogens is 266 g/mol. The number of aromatic nitrogens is 2. The SMILES string of the molecule is COC(=O)CNC(=O)c1cc(-c2csc(C)n2)c[nH]1. The minimum atomic E-state index is -0.491. The van der Waals surface area contributed by atoms with Crippen molar-refractivity contribution in [2.24, 2.45) is 0 Å². The van der Waals surface area contributed by atoms with Crippen molar-refractivity contribution in [1.82, 2.24) is 15.3 Å². The van der Waals surface area contributed by atoms with E-state index >= 15 is 0 Å². The number of nitrogens with zero attached hydrogens (tertiary/aromatic N) is 1.